The lowest BCUT2D eigenvalue weighted by Gasteiger charge is -2.32. The molecule has 200 valence electrons. The number of ether oxygens (including phenoxy) is 2. The summed E-state index contributed by atoms with van der Waals surface area (Å²) in [6, 6.07) is 9.30. The van der Waals surface area contributed by atoms with Gasteiger partial charge in [0, 0.05) is 23.1 Å². The zero-order valence-corrected chi connectivity index (χ0v) is 23.2. The van der Waals surface area contributed by atoms with Gasteiger partial charge in [-0.15, -0.1) is 0 Å². The molecule has 1 aromatic heterocycles. The number of fused-ring (bicyclic) bond motifs is 1. The highest BCUT2D eigenvalue weighted by molar-refractivity contribution is 6.42. The number of nitrogens with zero attached hydrogens (tertiary/aromatic N) is 4. The Balaban J connectivity index is 1.33. The molecule has 10 heteroatoms. The summed E-state index contributed by atoms with van der Waals surface area (Å²) in [6.07, 6.45) is 8.07. The van der Waals surface area contributed by atoms with E-state index in [0.717, 1.165) is 41.9 Å². The lowest BCUT2D eigenvalue weighted by Crippen LogP contribution is -2.37. The maximum Gasteiger partial charge on any atom is 0.163 e. The Morgan fingerprint density at radius 2 is 1.97 bits per heavy atom. The summed E-state index contributed by atoms with van der Waals surface area (Å²) in [6.45, 7) is 3.50. The smallest absolute Gasteiger partial charge is 0.163 e. The van der Waals surface area contributed by atoms with Crippen LogP contribution < -0.4 is 14.8 Å². The number of allylic oxidation sites excluding steroid dienone is 1. The molecule has 1 saturated heterocycles. The van der Waals surface area contributed by atoms with Crippen LogP contribution in [-0.4, -0.2) is 53.9 Å². The van der Waals surface area contributed by atoms with Crippen LogP contribution in [0.3, 0.4) is 0 Å². The molecule has 38 heavy (non-hydrogen) atoms. The first-order valence-electron chi connectivity index (χ1n) is 12.7. The van der Waals surface area contributed by atoms with Gasteiger partial charge in [0.2, 0.25) is 0 Å². The third-order valence-electron chi connectivity index (χ3n) is 7.09. The third kappa shape index (κ3) is 5.82. The molecule has 0 radical (unpaired) electrons. The van der Waals surface area contributed by atoms with Gasteiger partial charge in [0.1, 0.15) is 24.5 Å². The Morgan fingerprint density at radius 3 is 2.76 bits per heavy atom. The number of methoxy groups -OCH3 is 1. The van der Waals surface area contributed by atoms with E-state index in [-0.39, 0.29) is 18.6 Å². The maximum atomic E-state index is 6.21. The van der Waals surface area contributed by atoms with Crippen molar-refractivity contribution < 1.29 is 14.3 Å². The van der Waals surface area contributed by atoms with Gasteiger partial charge in [0.25, 0.3) is 0 Å². The van der Waals surface area contributed by atoms with Gasteiger partial charge in [-0.2, -0.15) is 0 Å². The normalized spacial score (nSPS) is 20.2. The van der Waals surface area contributed by atoms with E-state index in [2.05, 4.69) is 45.4 Å². The zero-order chi connectivity index (χ0) is 26.6. The highest BCUT2D eigenvalue weighted by atomic mass is 35.5. The van der Waals surface area contributed by atoms with Gasteiger partial charge in [-0.25, -0.2) is 9.97 Å². The third-order valence-corrected chi connectivity index (χ3v) is 7.83. The second kappa shape index (κ2) is 11.8. The van der Waals surface area contributed by atoms with Gasteiger partial charge >= 0.3 is 0 Å². The van der Waals surface area contributed by atoms with Crippen molar-refractivity contribution in [1.82, 2.24) is 14.9 Å². The van der Waals surface area contributed by atoms with Crippen LogP contribution in [0.4, 0.5) is 11.5 Å². The Bertz CT molecular complexity index is 1380. The number of benzene rings is 2. The van der Waals surface area contributed by atoms with Gasteiger partial charge in [-0.05, 0) is 63.2 Å². The lowest BCUT2D eigenvalue weighted by molar-refractivity contribution is 0.119. The van der Waals surface area contributed by atoms with Crippen molar-refractivity contribution in [3.8, 4) is 11.5 Å². The van der Waals surface area contributed by atoms with Crippen molar-refractivity contribution in [3.63, 3.8) is 0 Å². The second-order valence-corrected chi connectivity index (χ2v) is 10.5. The summed E-state index contributed by atoms with van der Waals surface area (Å²) in [5, 5.41) is 9.50. The molecule has 0 saturated carbocycles. The van der Waals surface area contributed by atoms with Crippen molar-refractivity contribution in [1.29, 1.82) is 0 Å². The van der Waals surface area contributed by atoms with Crippen molar-refractivity contribution in [2.24, 2.45) is 11.1 Å². The van der Waals surface area contributed by atoms with Gasteiger partial charge in [0.05, 0.1) is 34.4 Å². The Hall–Kier alpha value is -3.07. The van der Waals surface area contributed by atoms with Crippen LogP contribution in [0.5, 0.6) is 11.5 Å². The number of aromatic nitrogens is 2. The first-order valence-corrected chi connectivity index (χ1v) is 13.5. The molecule has 2 aromatic carbocycles. The van der Waals surface area contributed by atoms with E-state index in [4.69, 9.17) is 37.5 Å². The minimum absolute atomic E-state index is 0.192. The maximum absolute atomic E-state index is 6.21. The number of oxime groups is 1. The van der Waals surface area contributed by atoms with E-state index in [0.29, 0.717) is 32.9 Å². The number of nitrogens with one attached hydrogen (secondary N) is 1. The molecular formula is C28H31Cl2N5O3. The number of likely N-dealkylation sites (N-methyl/N-ethyl adjacent to an activating group) is 1. The van der Waals surface area contributed by atoms with E-state index in [1.54, 1.807) is 19.2 Å². The van der Waals surface area contributed by atoms with Crippen LogP contribution in [0.25, 0.3) is 10.9 Å². The monoisotopic (exact) mass is 555 g/mol. The predicted octanol–water partition coefficient (Wildman–Crippen LogP) is 6.85. The molecule has 1 fully saturated rings. The van der Waals surface area contributed by atoms with E-state index >= 15 is 0 Å². The molecule has 3 aromatic rings. The fourth-order valence-corrected chi connectivity index (χ4v) is 5.06. The molecular weight excluding hydrogens is 525 g/mol. The number of halogens is 2. The van der Waals surface area contributed by atoms with Gasteiger partial charge in [-0.1, -0.05) is 41.7 Å². The number of hydrogen-bond acceptors (Lipinski definition) is 8. The van der Waals surface area contributed by atoms with Gasteiger partial charge in [-0.3, -0.25) is 4.90 Å². The molecule has 3 heterocycles. The molecule has 2 atom stereocenters. The Morgan fingerprint density at radius 1 is 1.11 bits per heavy atom. The van der Waals surface area contributed by atoms with E-state index in [1.165, 1.54) is 19.2 Å². The minimum Gasteiger partial charge on any atom is -0.493 e. The molecule has 1 N–H and O–H groups in total. The average Bonchev–Trinajstić information content (AvgIpc) is 3.10. The first-order chi connectivity index (χ1) is 18.4. The highest BCUT2D eigenvalue weighted by Crippen LogP contribution is 2.36. The number of rotatable bonds is 7. The summed E-state index contributed by atoms with van der Waals surface area (Å²) in [4.78, 5) is 17.2. The van der Waals surface area contributed by atoms with Crippen LogP contribution in [-0.2, 0) is 4.84 Å². The average molecular weight is 556 g/mol. The summed E-state index contributed by atoms with van der Waals surface area (Å²) < 4.78 is 11.9. The highest BCUT2D eigenvalue weighted by Gasteiger charge is 2.27. The molecule has 2 aliphatic heterocycles. The van der Waals surface area contributed by atoms with Crippen molar-refractivity contribution in [2.45, 2.75) is 38.6 Å². The molecule has 8 nitrogen and oxygen atoms in total. The number of hydrogen-bond donors (Lipinski definition) is 1. The predicted molar refractivity (Wildman–Crippen MR) is 152 cm³/mol. The number of piperidine rings is 1. The van der Waals surface area contributed by atoms with E-state index in [1.807, 2.05) is 18.2 Å². The quantitative estimate of drug-likeness (QED) is 0.341. The molecule has 0 bridgehead atoms. The molecule has 0 spiro atoms. The molecule has 2 aliphatic rings. The summed E-state index contributed by atoms with van der Waals surface area (Å²) >= 11 is 12.2. The summed E-state index contributed by atoms with van der Waals surface area (Å²) in [5.41, 5.74) is 2.31. The topological polar surface area (TPSA) is 81.1 Å². The van der Waals surface area contributed by atoms with Crippen LogP contribution in [0, 0.1) is 5.92 Å². The van der Waals surface area contributed by atoms with Gasteiger partial charge in [0.15, 0.2) is 11.5 Å². The van der Waals surface area contributed by atoms with Crippen LogP contribution in [0.1, 0.15) is 32.6 Å². The van der Waals surface area contributed by atoms with Crippen LogP contribution in [0.15, 0.2) is 53.7 Å². The van der Waals surface area contributed by atoms with E-state index < -0.39 is 0 Å². The van der Waals surface area contributed by atoms with Crippen molar-refractivity contribution >= 4 is 51.3 Å². The Kier molecular flexibility index (Phi) is 8.21. The molecule has 0 aliphatic carbocycles. The fraction of sp³-hybridized carbons (Fsp3) is 0.393. The standard InChI is InChI=1S/C28H31Cl2N5O3/c1-17-7-10-25(24-6-4-5-11-35(24)2)38-34-23(17)15-37-27-14-22-19(13-26(27)36-3)28(32-16-31-22)33-18-8-9-20(29)21(30)12-18/h8-10,12-14,16-17,24H,4-7,11,15H2,1-3H3,(H,31,32,33). The van der Waals surface area contributed by atoms with Crippen molar-refractivity contribution in [2.75, 3.05) is 32.6 Å². The Labute approximate surface area is 232 Å². The number of likely N-dealkylation sites (tertiary alicyclic amines) is 1. The summed E-state index contributed by atoms with van der Waals surface area (Å²) in [5.74, 6) is 2.88. The van der Waals surface area contributed by atoms with Crippen molar-refractivity contribution in [3.05, 3.63) is 58.5 Å². The number of anilines is 2. The van der Waals surface area contributed by atoms with Crippen LogP contribution >= 0.6 is 23.2 Å². The van der Waals surface area contributed by atoms with Gasteiger partial charge < -0.3 is 19.6 Å². The molecule has 5 rings (SSSR count). The zero-order valence-electron chi connectivity index (χ0n) is 21.7. The van der Waals surface area contributed by atoms with Crippen LogP contribution in [0.2, 0.25) is 10.0 Å². The largest absolute Gasteiger partial charge is 0.493 e. The molecule has 2 unspecified atom stereocenters. The minimum atomic E-state index is 0.192. The molecule has 0 amide bonds. The SMILES string of the molecule is COc1cc2c(Nc3ccc(Cl)c(Cl)c3)ncnc2cc1OCC1=NOC(C2CCCCN2C)=CCC1C. The second-order valence-electron chi connectivity index (χ2n) is 9.69. The fourth-order valence-electron chi connectivity index (χ4n) is 4.77. The van der Waals surface area contributed by atoms with E-state index in [9.17, 15) is 0 Å². The lowest BCUT2D eigenvalue weighted by atomic mass is 9.98. The first kappa shape index (κ1) is 26.5. The summed E-state index contributed by atoms with van der Waals surface area (Å²) in [7, 11) is 3.76.